The molecule has 13 heteroatoms. The molecule has 0 saturated carbocycles. The van der Waals surface area contributed by atoms with E-state index in [1.807, 2.05) is 29.8 Å². The fraction of sp³-hybridized carbons (Fsp3) is 0.370. The van der Waals surface area contributed by atoms with Crippen molar-refractivity contribution in [2.45, 2.75) is 51.6 Å². The highest BCUT2D eigenvalue weighted by atomic mass is 32.2. The Morgan fingerprint density at radius 1 is 1.18 bits per heavy atom. The topological polar surface area (TPSA) is 115 Å². The summed E-state index contributed by atoms with van der Waals surface area (Å²) in [4.78, 5) is 20.8. The van der Waals surface area contributed by atoms with Crippen LogP contribution in [0.1, 0.15) is 39.2 Å². The normalized spacial score (nSPS) is 14.4. The smallest absolute Gasteiger partial charge is 0.416 e. The Hall–Kier alpha value is -3.87. The molecule has 1 aliphatic carbocycles. The van der Waals surface area contributed by atoms with Crippen LogP contribution in [-0.2, 0) is 27.4 Å². The predicted molar refractivity (Wildman–Crippen MR) is 145 cm³/mol. The number of aromatic nitrogens is 3. The molecule has 3 aromatic rings. The number of benzene rings is 1. The monoisotopic (exact) mass is 577 g/mol. The van der Waals surface area contributed by atoms with E-state index in [9.17, 15) is 26.4 Å². The van der Waals surface area contributed by atoms with Crippen LogP contribution in [-0.4, -0.2) is 46.4 Å². The van der Waals surface area contributed by atoms with Gasteiger partial charge in [-0.1, -0.05) is 6.07 Å². The molecule has 4 rings (SSSR count). The molecule has 9 nitrogen and oxygen atoms in total. The van der Waals surface area contributed by atoms with Gasteiger partial charge in [0.1, 0.15) is 29.1 Å². The lowest BCUT2D eigenvalue weighted by Crippen LogP contribution is -2.34. The number of carbonyl (C=O) groups is 1. The molecule has 214 valence electrons. The van der Waals surface area contributed by atoms with Crippen LogP contribution >= 0.6 is 0 Å². The molecular formula is C27H30F3N5O4S. The van der Waals surface area contributed by atoms with Gasteiger partial charge in [0, 0.05) is 31.4 Å². The van der Waals surface area contributed by atoms with Crippen molar-refractivity contribution in [2.24, 2.45) is 0 Å². The van der Waals surface area contributed by atoms with Crippen LogP contribution in [0.15, 0.2) is 66.0 Å². The summed E-state index contributed by atoms with van der Waals surface area (Å²) in [6.45, 7) is 5.47. The lowest BCUT2D eigenvalue weighted by atomic mass is 10.0. The molecule has 1 aromatic carbocycles. The number of allylic oxidation sites excluding steroid dienone is 4. The highest BCUT2D eigenvalue weighted by Crippen LogP contribution is 2.33. The van der Waals surface area contributed by atoms with Gasteiger partial charge in [-0.25, -0.2) is 18.4 Å². The van der Waals surface area contributed by atoms with Gasteiger partial charge in [0.25, 0.3) is 0 Å². The van der Waals surface area contributed by atoms with Crippen molar-refractivity contribution in [3.8, 4) is 5.75 Å². The standard InChI is InChI=1S/C27H30F3N5O4S/c1-17(2)40(37,38)15-24(36)31-10-12-35-11-9-22-25(35)26(33-16-32-22)34-20-7-8-23(18(3)13-20)39-21-6-4-5-19(14-21)27(28,29)30/h4-6,9,11,13-14,16-17H,7-8,10,12,15H2,1-3H3,(H,31,36)(H,32,33,34). The van der Waals surface area contributed by atoms with Gasteiger partial charge in [0.15, 0.2) is 15.7 Å². The van der Waals surface area contributed by atoms with E-state index in [4.69, 9.17) is 4.74 Å². The summed E-state index contributed by atoms with van der Waals surface area (Å²) in [6, 6.07) is 6.60. The second kappa shape index (κ2) is 11.7. The first-order chi connectivity index (χ1) is 18.8. The van der Waals surface area contributed by atoms with Crippen LogP contribution in [0.3, 0.4) is 0 Å². The third kappa shape index (κ3) is 7.00. The number of alkyl halides is 3. The minimum atomic E-state index is -4.45. The van der Waals surface area contributed by atoms with E-state index in [-0.39, 0.29) is 12.3 Å². The number of halogens is 3. The van der Waals surface area contributed by atoms with Gasteiger partial charge < -0.3 is 19.9 Å². The fourth-order valence-electron chi connectivity index (χ4n) is 4.15. The SMILES string of the molecule is CC1=C(Oc2cccc(C(F)(F)F)c2)CCC(Nc2ncnc3ccn(CCNC(=O)CS(=O)(=O)C(C)C)c23)=C1. The number of anilines is 1. The zero-order valence-corrected chi connectivity index (χ0v) is 23.1. The van der Waals surface area contributed by atoms with Gasteiger partial charge in [0.05, 0.1) is 16.3 Å². The average molecular weight is 578 g/mol. The summed E-state index contributed by atoms with van der Waals surface area (Å²) in [7, 11) is -3.49. The van der Waals surface area contributed by atoms with E-state index in [0.717, 1.165) is 23.4 Å². The van der Waals surface area contributed by atoms with Crippen molar-refractivity contribution in [3.05, 3.63) is 71.5 Å². The Kier molecular flexibility index (Phi) is 8.52. The van der Waals surface area contributed by atoms with E-state index in [1.165, 1.54) is 32.3 Å². The van der Waals surface area contributed by atoms with E-state index >= 15 is 0 Å². The Bertz CT molecular complexity index is 1580. The first-order valence-corrected chi connectivity index (χ1v) is 14.4. The van der Waals surface area contributed by atoms with Crippen LogP contribution in [0.5, 0.6) is 5.75 Å². The Balaban J connectivity index is 1.45. The number of hydrogen-bond donors (Lipinski definition) is 2. The van der Waals surface area contributed by atoms with Gasteiger partial charge in [-0.15, -0.1) is 0 Å². The summed E-state index contributed by atoms with van der Waals surface area (Å²) in [5, 5.41) is 5.34. The summed E-state index contributed by atoms with van der Waals surface area (Å²) < 4.78 is 70.8. The summed E-state index contributed by atoms with van der Waals surface area (Å²) in [5.41, 5.74) is 2.23. The molecule has 2 aromatic heterocycles. The first kappa shape index (κ1) is 29.1. The summed E-state index contributed by atoms with van der Waals surface area (Å²) in [6.07, 6.45) is 1.67. The molecule has 0 bridgehead atoms. The number of rotatable bonds is 10. The number of hydrogen-bond acceptors (Lipinski definition) is 7. The van der Waals surface area contributed by atoms with E-state index in [2.05, 4.69) is 20.6 Å². The van der Waals surface area contributed by atoms with Crippen LogP contribution in [0.2, 0.25) is 0 Å². The molecule has 0 unspecified atom stereocenters. The van der Waals surface area contributed by atoms with E-state index < -0.39 is 38.5 Å². The Labute approximate surface area is 230 Å². The van der Waals surface area contributed by atoms with Gasteiger partial charge in [-0.2, -0.15) is 13.2 Å². The van der Waals surface area contributed by atoms with E-state index in [1.54, 1.807) is 0 Å². The molecule has 0 spiro atoms. The minimum Gasteiger partial charge on any atom is -0.461 e. The molecule has 2 heterocycles. The van der Waals surface area contributed by atoms with Crippen molar-refractivity contribution >= 4 is 32.6 Å². The third-order valence-corrected chi connectivity index (χ3v) is 8.51. The highest BCUT2D eigenvalue weighted by molar-refractivity contribution is 7.92. The maximum atomic E-state index is 13.0. The molecule has 0 saturated heterocycles. The van der Waals surface area contributed by atoms with Crippen molar-refractivity contribution < 1.29 is 31.1 Å². The van der Waals surface area contributed by atoms with Crippen LogP contribution in [0.25, 0.3) is 11.0 Å². The van der Waals surface area contributed by atoms with Crippen molar-refractivity contribution in [3.63, 3.8) is 0 Å². The van der Waals surface area contributed by atoms with Crippen LogP contribution in [0, 0.1) is 0 Å². The average Bonchev–Trinajstić information content (AvgIpc) is 3.29. The molecule has 0 aliphatic heterocycles. The summed E-state index contributed by atoms with van der Waals surface area (Å²) >= 11 is 0. The number of ether oxygens (including phenoxy) is 1. The van der Waals surface area contributed by atoms with Crippen LogP contribution < -0.4 is 15.4 Å². The lowest BCUT2D eigenvalue weighted by molar-refractivity contribution is -0.137. The highest BCUT2D eigenvalue weighted by Gasteiger charge is 2.30. The molecule has 1 amide bonds. The molecule has 1 aliphatic rings. The number of nitrogens with one attached hydrogen (secondary N) is 2. The number of fused-ring (bicyclic) bond motifs is 1. The van der Waals surface area contributed by atoms with Crippen molar-refractivity contribution in [2.75, 3.05) is 17.6 Å². The molecule has 40 heavy (non-hydrogen) atoms. The largest absolute Gasteiger partial charge is 0.461 e. The summed E-state index contributed by atoms with van der Waals surface area (Å²) in [5.74, 6) is 0.130. The second-order valence-electron chi connectivity index (χ2n) is 9.70. The van der Waals surface area contributed by atoms with Crippen molar-refractivity contribution in [1.29, 1.82) is 0 Å². The van der Waals surface area contributed by atoms with Gasteiger partial charge in [-0.05, 0) is 63.1 Å². The van der Waals surface area contributed by atoms with Crippen LogP contribution in [0.4, 0.5) is 19.0 Å². The number of nitrogens with zero attached hydrogens (tertiary/aromatic N) is 3. The first-order valence-electron chi connectivity index (χ1n) is 12.6. The second-order valence-corrected chi connectivity index (χ2v) is 12.3. The molecule has 2 N–H and O–H groups in total. The quantitative estimate of drug-likeness (QED) is 0.355. The van der Waals surface area contributed by atoms with E-state index in [0.29, 0.717) is 42.0 Å². The van der Waals surface area contributed by atoms with Crippen molar-refractivity contribution in [1.82, 2.24) is 19.9 Å². The maximum Gasteiger partial charge on any atom is 0.416 e. The van der Waals surface area contributed by atoms with Gasteiger partial charge in [0.2, 0.25) is 5.91 Å². The Morgan fingerprint density at radius 2 is 1.95 bits per heavy atom. The zero-order valence-electron chi connectivity index (χ0n) is 22.2. The van der Waals surface area contributed by atoms with Gasteiger partial charge >= 0.3 is 6.18 Å². The maximum absolute atomic E-state index is 13.0. The molecular weight excluding hydrogens is 547 g/mol. The minimum absolute atomic E-state index is 0.123. The number of carbonyl (C=O) groups excluding carboxylic acids is 1. The fourth-order valence-corrected chi connectivity index (χ4v) is 4.95. The van der Waals surface area contributed by atoms with Gasteiger partial charge in [-0.3, -0.25) is 4.79 Å². The molecule has 0 radical (unpaired) electrons. The lowest BCUT2D eigenvalue weighted by Gasteiger charge is -2.21. The third-order valence-electron chi connectivity index (χ3n) is 6.41. The number of sulfone groups is 1. The number of amides is 1. The zero-order chi connectivity index (χ0) is 29.1. The molecule has 0 fully saturated rings. The Morgan fingerprint density at radius 3 is 2.65 bits per heavy atom. The predicted octanol–water partition coefficient (Wildman–Crippen LogP) is 4.83. The molecule has 0 atom stereocenters.